The molecule has 8 nitrogen and oxygen atoms in total. The third-order valence-electron chi connectivity index (χ3n) is 5.75. The van der Waals surface area contributed by atoms with E-state index in [0.717, 1.165) is 5.56 Å². The fourth-order valence-electron chi connectivity index (χ4n) is 4.17. The number of esters is 1. The van der Waals surface area contributed by atoms with Crippen molar-refractivity contribution in [3.05, 3.63) is 84.5 Å². The molecule has 1 atom stereocenters. The Bertz CT molecular complexity index is 1500. The van der Waals surface area contributed by atoms with Gasteiger partial charge in [-0.25, -0.2) is 9.79 Å². The molecule has 0 fully saturated rings. The van der Waals surface area contributed by atoms with Crippen molar-refractivity contribution >= 4 is 23.4 Å². The zero-order valence-electron chi connectivity index (χ0n) is 20.9. The molecule has 0 bridgehead atoms. The zero-order chi connectivity index (χ0) is 25.8. The Morgan fingerprint density at radius 1 is 1.06 bits per heavy atom. The molecule has 1 aliphatic rings. The number of fused-ring (bicyclic) bond motifs is 1. The predicted octanol–water partition coefficient (Wildman–Crippen LogP) is 3.21. The van der Waals surface area contributed by atoms with Crippen molar-refractivity contribution < 1.29 is 23.7 Å². The molecule has 0 aliphatic carbocycles. The summed E-state index contributed by atoms with van der Waals surface area (Å²) in [6.45, 7) is 6.00. The second-order valence-electron chi connectivity index (χ2n) is 7.89. The number of hydrogen-bond donors (Lipinski definition) is 0. The lowest BCUT2D eigenvalue weighted by atomic mass is 9.95. The molecule has 0 spiro atoms. The molecular formula is C27H28N2O6S. The van der Waals surface area contributed by atoms with Gasteiger partial charge >= 0.3 is 5.97 Å². The van der Waals surface area contributed by atoms with Gasteiger partial charge in [0.05, 0.1) is 49.3 Å². The van der Waals surface area contributed by atoms with Crippen LogP contribution >= 0.6 is 11.3 Å². The van der Waals surface area contributed by atoms with Crippen LogP contribution in [0.2, 0.25) is 0 Å². The normalized spacial score (nSPS) is 15.2. The molecule has 0 N–H and O–H groups in total. The smallest absolute Gasteiger partial charge is 0.338 e. The third-order valence-corrected chi connectivity index (χ3v) is 6.73. The molecule has 3 aromatic rings. The Balaban J connectivity index is 1.98. The number of hydrogen-bond acceptors (Lipinski definition) is 8. The summed E-state index contributed by atoms with van der Waals surface area (Å²) in [6, 6.07) is 12.1. The first-order valence-electron chi connectivity index (χ1n) is 11.6. The molecule has 188 valence electrons. The number of benzene rings is 2. The summed E-state index contributed by atoms with van der Waals surface area (Å²) in [4.78, 5) is 32.0. The van der Waals surface area contributed by atoms with Gasteiger partial charge in [0.2, 0.25) is 0 Å². The highest BCUT2D eigenvalue weighted by atomic mass is 32.1. The Hall–Kier alpha value is -3.85. The number of ether oxygens (including phenoxy) is 4. The van der Waals surface area contributed by atoms with Crippen LogP contribution < -0.4 is 29.1 Å². The van der Waals surface area contributed by atoms with E-state index in [1.54, 1.807) is 50.8 Å². The lowest BCUT2D eigenvalue weighted by molar-refractivity contribution is -0.139. The van der Waals surface area contributed by atoms with Crippen LogP contribution in [0.1, 0.15) is 37.9 Å². The van der Waals surface area contributed by atoms with E-state index >= 15 is 0 Å². The van der Waals surface area contributed by atoms with Gasteiger partial charge in [0.25, 0.3) is 5.56 Å². The molecule has 0 radical (unpaired) electrons. The van der Waals surface area contributed by atoms with E-state index in [1.807, 2.05) is 37.3 Å². The fourth-order valence-corrected chi connectivity index (χ4v) is 5.20. The minimum Gasteiger partial charge on any atom is -0.496 e. The van der Waals surface area contributed by atoms with Gasteiger partial charge in [-0.3, -0.25) is 9.36 Å². The van der Waals surface area contributed by atoms with Crippen LogP contribution in [0.4, 0.5) is 0 Å². The van der Waals surface area contributed by atoms with Crippen molar-refractivity contribution in [2.75, 3.05) is 27.4 Å². The second-order valence-corrected chi connectivity index (χ2v) is 8.90. The Kier molecular flexibility index (Phi) is 7.59. The highest BCUT2D eigenvalue weighted by Crippen LogP contribution is 2.36. The number of carbonyl (C=O) groups excluding carboxylic acids is 1. The SMILES string of the molecule is CCOC(=O)C1=C(C)N=c2sc(=Cc3ccccc3OC)c(=O)n2C1c1ccc(OC)c(OCC)c1. The zero-order valence-corrected chi connectivity index (χ0v) is 21.7. The molecule has 2 aromatic carbocycles. The molecule has 0 saturated carbocycles. The predicted molar refractivity (Wildman–Crippen MR) is 138 cm³/mol. The fraction of sp³-hybridized carbons (Fsp3) is 0.296. The standard InChI is InChI=1S/C27H28N2O6S/c1-6-34-21-14-18(12-13-20(21)33-5)24-23(26(31)35-7-2)16(3)28-27-29(24)25(30)22(36-27)15-17-10-8-9-11-19(17)32-4/h8-15,24H,6-7H2,1-5H3. The highest BCUT2D eigenvalue weighted by Gasteiger charge is 2.34. The number of para-hydroxylation sites is 1. The number of methoxy groups -OCH3 is 2. The van der Waals surface area contributed by atoms with E-state index in [4.69, 9.17) is 18.9 Å². The molecule has 2 heterocycles. The van der Waals surface area contributed by atoms with Crippen LogP contribution in [0.15, 0.2) is 63.5 Å². The van der Waals surface area contributed by atoms with Gasteiger partial charge in [0, 0.05) is 5.56 Å². The minimum atomic E-state index is -0.745. The average molecular weight is 509 g/mol. The number of nitrogens with zero attached hydrogens (tertiary/aromatic N) is 2. The van der Waals surface area contributed by atoms with Crippen LogP contribution in [0.25, 0.3) is 6.08 Å². The number of allylic oxidation sites excluding steroid dienone is 1. The number of rotatable bonds is 8. The van der Waals surface area contributed by atoms with Gasteiger partial charge in [-0.2, -0.15) is 0 Å². The third kappa shape index (κ3) is 4.66. The molecule has 1 aliphatic heterocycles. The number of carbonyl (C=O) groups is 1. The monoisotopic (exact) mass is 508 g/mol. The van der Waals surface area contributed by atoms with E-state index in [2.05, 4.69) is 4.99 Å². The Morgan fingerprint density at radius 3 is 2.50 bits per heavy atom. The first-order chi connectivity index (χ1) is 17.4. The van der Waals surface area contributed by atoms with Crippen molar-refractivity contribution in [3.8, 4) is 17.2 Å². The number of aromatic nitrogens is 1. The van der Waals surface area contributed by atoms with Crippen molar-refractivity contribution in [1.29, 1.82) is 0 Å². The first kappa shape index (κ1) is 25.2. The molecule has 9 heteroatoms. The topological polar surface area (TPSA) is 88.4 Å². The lowest BCUT2D eigenvalue weighted by Crippen LogP contribution is -2.40. The molecule has 4 rings (SSSR count). The summed E-state index contributed by atoms with van der Waals surface area (Å²) in [5.41, 5.74) is 1.99. The van der Waals surface area contributed by atoms with Crippen molar-refractivity contribution in [2.45, 2.75) is 26.8 Å². The summed E-state index contributed by atoms with van der Waals surface area (Å²) in [6.07, 6.45) is 1.78. The van der Waals surface area contributed by atoms with Crippen molar-refractivity contribution in [3.63, 3.8) is 0 Å². The first-order valence-corrected chi connectivity index (χ1v) is 12.4. The number of thiazole rings is 1. The molecule has 0 saturated heterocycles. The van der Waals surface area contributed by atoms with Gasteiger partial charge in [-0.1, -0.05) is 35.6 Å². The lowest BCUT2D eigenvalue weighted by Gasteiger charge is -2.25. The van der Waals surface area contributed by atoms with E-state index in [1.165, 1.54) is 11.3 Å². The van der Waals surface area contributed by atoms with Gasteiger partial charge in [0.15, 0.2) is 16.3 Å². The highest BCUT2D eigenvalue weighted by molar-refractivity contribution is 7.07. The molecule has 0 amide bonds. The van der Waals surface area contributed by atoms with Gasteiger partial charge in [-0.05, 0) is 50.6 Å². The molecular weight excluding hydrogens is 480 g/mol. The van der Waals surface area contributed by atoms with Crippen LogP contribution in [0, 0.1) is 0 Å². The van der Waals surface area contributed by atoms with Crippen molar-refractivity contribution in [2.24, 2.45) is 4.99 Å². The van der Waals surface area contributed by atoms with E-state index in [0.29, 0.717) is 50.0 Å². The van der Waals surface area contributed by atoms with Crippen LogP contribution in [-0.2, 0) is 9.53 Å². The quantitative estimate of drug-likeness (QED) is 0.434. The van der Waals surface area contributed by atoms with E-state index in [-0.39, 0.29) is 12.2 Å². The molecule has 1 unspecified atom stereocenters. The Morgan fingerprint density at radius 2 is 1.81 bits per heavy atom. The maximum absolute atomic E-state index is 13.8. The van der Waals surface area contributed by atoms with E-state index in [9.17, 15) is 9.59 Å². The van der Waals surface area contributed by atoms with Crippen LogP contribution in [0.5, 0.6) is 17.2 Å². The van der Waals surface area contributed by atoms with Gasteiger partial charge in [0.1, 0.15) is 5.75 Å². The van der Waals surface area contributed by atoms with Crippen LogP contribution in [0.3, 0.4) is 0 Å². The van der Waals surface area contributed by atoms with Gasteiger partial charge in [-0.15, -0.1) is 0 Å². The minimum absolute atomic E-state index is 0.202. The largest absolute Gasteiger partial charge is 0.496 e. The van der Waals surface area contributed by atoms with Crippen LogP contribution in [-0.4, -0.2) is 38.0 Å². The van der Waals surface area contributed by atoms with E-state index < -0.39 is 12.0 Å². The second kappa shape index (κ2) is 10.8. The summed E-state index contributed by atoms with van der Waals surface area (Å²) >= 11 is 1.26. The molecule has 36 heavy (non-hydrogen) atoms. The summed E-state index contributed by atoms with van der Waals surface area (Å²) in [5, 5.41) is 0. The molecule has 1 aromatic heterocycles. The summed E-state index contributed by atoms with van der Waals surface area (Å²) in [5.74, 6) is 1.21. The average Bonchev–Trinajstić information content (AvgIpc) is 3.18. The summed E-state index contributed by atoms with van der Waals surface area (Å²) in [7, 11) is 3.15. The van der Waals surface area contributed by atoms with Gasteiger partial charge < -0.3 is 18.9 Å². The maximum Gasteiger partial charge on any atom is 0.338 e. The summed E-state index contributed by atoms with van der Waals surface area (Å²) < 4.78 is 24.0. The van der Waals surface area contributed by atoms with Crippen molar-refractivity contribution in [1.82, 2.24) is 4.57 Å². The Labute approximate surface area is 212 Å². The maximum atomic E-state index is 13.8.